The molecular formula is C28H40O10. The SMILES string of the molecule is CC[C@H](OC(=O)CCC(=O)OCCc1ccc(O)c(O)c1)O[C@@H]1O[C@]2(C)CC[C@H]3[C@H](C)CC[C@@H](C)C13OO2. The minimum absolute atomic E-state index is 0.0819. The van der Waals surface area contributed by atoms with Crippen LogP contribution in [-0.4, -0.2) is 52.7 Å². The maximum atomic E-state index is 12.6. The summed E-state index contributed by atoms with van der Waals surface area (Å²) in [6.07, 6.45) is 2.49. The minimum Gasteiger partial charge on any atom is -0.504 e. The molecule has 1 aromatic rings. The van der Waals surface area contributed by atoms with Crippen LogP contribution in [0.1, 0.15) is 78.2 Å². The molecule has 212 valence electrons. The van der Waals surface area contributed by atoms with Crippen LogP contribution in [-0.2, 0) is 44.7 Å². The van der Waals surface area contributed by atoms with Crippen LogP contribution in [0.15, 0.2) is 18.2 Å². The van der Waals surface area contributed by atoms with Crippen molar-refractivity contribution < 1.29 is 48.5 Å². The molecule has 1 aliphatic carbocycles. The Labute approximate surface area is 223 Å². The van der Waals surface area contributed by atoms with Crippen molar-refractivity contribution in [1.82, 2.24) is 0 Å². The Morgan fingerprint density at radius 2 is 1.84 bits per heavy atom. The van der Waals surface area contributed by atoms with Gasteiger partial charge in [-0.1, -0.05) is 26.8 Å². The average molecular weight is 537 g/mol. The molecule has 4 aliphatic rings. The van der Waals surface area contributed by atoms with Gasteiger partial charge in [-0.05, 0) is 61.6 Å². The van der Waals surface area contributed by atoms with E-state index in [-0.39, 0.29) is 42.8 Å². The quantitative estimate of drug-likeness (QED) is 0.191. The molecule has 3 saturated heterocycles. The predicted octanol–water partition coefficient (Wildman–Crippen LogP) is 4.50. The van der Waals surface area contributed by atoms with E-state index in [1.807, 2.05) is 13.8 Å². The van der Waals surface area contributed by atoms with Crippen LogP contribution in [0.5, 0.6) is 11.5 Å². The van der Waals surface area contributed by atoms with Gasteiger partial charge in [0.15, 0.2) is 23.4 Å². The van der Waals surface area contributed by atoms with E-state index in [0.29, 0.717) is 30.7 Å². The van der Waals surface area contributed by atoms with Gasteiger partial charge in [0.25, 0.3) is 0 Å². The maximum absolute atomic E-state index is 12.6. The van der Waals surface area contributed by atoms with E-state index in [0.717, 1.165) is 19.3 Å². The van der Waals surface area contributed by atoms with Gasteiger partial charge in [0, 0.05) is 19.3 Å². The Kier molecular flexibility index (Phi) is 8.86. The van der Waals surface area contributed by atoms with Gasteiger partial charge in [0.05, 0.1) is 19.4 Å². The van der Waals surface area contributed by atoms with Crippen LogP contribution in [0, 0.1) is 17.8 Å². The lowest BCUT2D eigenvalue weighted by atomic mass is 9.63. The van der Waals surface area contributed by atoms with E-state index in [1.165, 1.54) is 12.1 Å². The molecule has 1 unspecified atom stereocenters. The summed E-state index contributed by atoms with van der Waals surface area (Å²) in [7, 11) is 0. The number of carbonyl (C=O) groups is 2. The van der Waals surface area contributed by atoms with Crippen molar-refractivity contribution in [1.29, 1.82) is 0 Å². The molecule has 1 aromatic carbocycles. The number of benzene rings is 1. The van der Waals surface area contributed by atoms with Crippen LogP contribution < -0.4 is 0 Å². The number of ether oxygens (including phenoxy) is 4. The van der Waals surface area contributed by atoms with E-state index in [4.69, 9.17) is 28.7 Å². The summed E-state index contributed by atoms with van der Waals surface area (Å²) in [5.74, 6) is -1.75. The zero-order valence-electron chi connectivity index (χ0n) is 22.6. The van der Waals surface area contributed by atoms with E-state index < -0.39 is 35.9 Å². The van der Waals surface area contributed by atoms with Gasteiger partial charge in [-0.15, -0.1) is 0 Å². The Morgan fingerprint density at radius 1 is 1.08 bits per heavy atom. The Morgan fingerprint density at radius 3 is 2.58 bits per heavy atom. The molecule has 2 bridgehead atoms. The number of phenolic OH excluding ortho intramolecular Hbond substituents is 2. The second-order valence-corrected chi connectivity index (χ2v) is 11.0. The van der Waals surface area contributed by atoms with Crippen molar-refractivity contribution in [2.24, 2.45) is 17.8 Å². The fourth-order valence-electron chi connectivity index (χ4n) is 5.84. The van der Waals surface area contributed by atoms with Crippen LogP contribution in [0.4, 0.5) is 0 Å². The van der Waals surface area contributed by atoms with Crippen LogP contribution >= 0.6 is 0 Å². The van der Waals surface area contributed by atoms with Crippen molar-refractivity contribution in [3.05, 3.63) is 23.8 Å². The summed E-state index contributed by atoms with van der Waals surface area (Å²) in [6, 6.07) is 4.40. The first-order valence-electron chi connectivity index (χ1n) is 13.6. The largest absolute Gasteiger partial charge is 0.504 e. The standard InChI is InChI=1S/C28H40O10/c1-5-25(34-24(32)11-10-23(31)33-15-13-19-8-9-21(29)22(30)16-19)35-26-28-18(3)7-6-17(2)20(28)12-14-27(4,36-26)37-38-28/h8-9,16-18,20,25-26,29-30H,5-7,10-15H2,1-4H3/t17-,18-,20+,25-,26-,27+,28?/m1/s1. The molecule has 5 rings (SSSR count). The lowest BCUT2D eigenvalue weighted by molar-refractivity contribution is -0.561. The second-order valence-electron chi connectivity index (χ2n) is 11.0. The Balaban J connectivity index is 1.28. The highest BCUT2D eigenvalue weighted by molar-refractivity contribution is 5.77. The molecule has 38 heavy (non-hydrogen) atoms. The van der Waals surface area contributed by atoms with E-state index in [2.05, 4.69) is 13.8 Å². The molecule has 4 fully saturated rings. The first-order valence-corrected chi connectivity index (χ1v) is 13.6. The number of hydrogen-bond acceptors (Lipinski definition) is 10. The molecule has 10 heteroatoms. The smallest absolute Gasteiger partial charge is 0.308 e. The van der Waals surface area contributed by atoms with E-state index >= 15 is 0 Å². The minimum atomic E-state index is -0.933. The zero-order chi connectivity index (χ0) is 27.5. The number of carbonyl (C=O) groups excluding carboxylic acids is 2. The van der Waals surface area contributed by atoms with Crippen molar-refractivity contribution in [3.63, 3.8) is 0 Å². The monoisotopic (exact) mass is 536 g/mol. The number of phenols is 2. The van der Waals surface area contributed by atoms with Gasteiger partial charge < -0.3 is 29.2 Å². The molecule has 3 heterocycles. The predicted molar refractivity (Wildman–Crippen MR) is 133 cm³/mol. The van der Waals surface area contributed by atoms with Crippen molar-refractivity contribution in [2.75, 3.05) is 6.61 Å². The summed E-state index contributed by atoms with van der Waals surface area (Å²) in [5, 5.41) is 18.9. The summed E-state index contributed by atoms with van der Waals surface area (Å²) >= 11 is 0. The highest BCUT2D eigenvalue weighted by Crippen LogP contribution is 2.56. The molecule has 3 aliphatic heterocycles. The van der Waals surface area contributed by atoms with Crippen LogP contribution in [0.3, 0.4) is 0 Å². The van der Waals surface area contributed by atoms with Gasteiger partial charge in [0.2, 0.25) is 12.1 Å². The van der Waals surface area contributed by atoms with E-state index in [1.54, 1.807) is 6.07 Å². The lowest BCUT2D eigenvalue weighted by Crippen LogP contribution is -2.65. The average Bonchev–Trinajstić information content (AvgIpc) is 3.12. The van der Waals surface area contributed by atoms with Gasteiger partial charge >= 0.3 is 11.9 Å². The van der Waals surface area contributed by atoms with Crippen molar-refractivity contribution >= 4 is 11.9 Å². The highest BCUT2D eigenvalue weighted by Gasteiger charge is 2.64. The fourth-order valence-corrected chi connectivity index (χ4v) is 5.84. The molecule has 0 aromatic heterocycles. The summed E-state index contributed by atoms with van der Waals surface area (Å²) in [5.41, 5.74) is -0.0810. The molecule has 2 N–H and O–H groups in total. The zero-order valence-corrected chi connectivity index (χ0v) is 22.6. The Hall–Kier alpha value is -2.40. The topological polar surface area (TPSA) is 130 Å². The maximum Gasteiger partial charge on any atom is 0.308 e. The number of aromatic hydroxyl groups is 2. The molecule has 0 radical (unpaired) electrons. The molecule has 1 spiro atoms. The number of fused-ring (bicyclic) bond motifs is 3. The van der Waals surface area contributed by atoms with Gasteiger partial charge in [-0.3, -0.25) is 9.59 Å². The molecule has 1 saturated carbocycles. The Bertz CT molecular complexity index is 994. The third kappa shape index (κ3) is 6.09. The summed E-state index contributed by atoms with van der Waals surface area (Å²) in [6.45, 7) is 8.12. The van der Waals surface area contributed by atoms with Crippen LogP contribution in [0.2, 0.25) is 0 Å². The van der Waals surface area contributed by atoms with Crippen LogP contribution in [0.25, 0.3) is 0 Å². The normalized spacial score (nSPS) is 33.2. The third-order valence-corrected chi connectivity index (χ3v) is 8.19. The van der Waals surface area contributed by atoms with E-state index in [9.17, 15) is 19.8 Å². The first kappa shape index (κ1) is 28.6. The number of esters is 2. The van der Waals surface area contributed by atoms with Gasteiger partial charge in [0.1, 0.15) is 0 Å². The molecule has 7 atom stereocenters. The first-order chi connectivity index (χ1) is 18.1. The molecular weight excluding hydrogens is 496 g/mol. The number of rotatable bonds is 10. The number of hydrogen-bond donors (Lipinski definition) is 2. The van der Waals surface area contributed by atoms with Crippen molar-refractivity contribution in [3.8, 4) is 11.5 Å². The highest BCUT2D eigenvalue weighted by atomic mass is 17.3. The van der Waals surface area contributed by atoms with Crippen molar-refractivity contribution in [2.45, 2.75) is 103 Å². The molecule has 10 nitrogen and oxygen atoms in total. The summed E-state index contributed by atoms with van der Waals surface area (Å²) in [4.78, 5) is 36.5. The summed E-state index contributed by atoms with van der Waals surface area (Å²) < 4.78 is 23.4. The van der Waals surface area contributed by atoms with Gasteiger partial charge in [-0.25, -0.2) is 9.78 Å². The lowest BCUT2D eigenvalue weighted by Gasteiger charge is -2.54. The molecule has 0 amide bonds. The second kappa shape index (κ2) is 11.8. The third-order valence-electron chi connectivity index (χ3n) is 8.19. The fraction of sp³-hybridized carbons (Fsp3) is 0.714. The van der Waals surface area contributed by atoms with Gasteiger partial charge in [-0.2, -0.15) is 0 Å².